The maximum absolute atomic E-state index is 13.5. The topological polar surface area (TPSA) is 49.4 Å². The minimum atomic E-state index is -0.489. The number of rotatable bonds is 5. The molecule has 0 aliphatic rings. The van der Waals surface area contributed by atoms with Crippen molar-refractivity contribution in [3.63, 3.8) is 0 Å². The molecule has 0 atom stereocenters. The molecule has 6 heteroatoms. The number of nitrogens with zero attached hydrogens (tertiary/aromatic N) is 1. The summed E-state index contributed by atoms with van der Waals surface area (Å²) < 4.78 is 14.4. The molecule has 2 amide bonds. The van der Waals surface area contributed by atoms with E-state index in [0.717, 1.165) is 10.0 Å². The van der Waals surface area contributed by atoms with Crippen LogP contribution < -0.4 is 10.2 Å². The van der Waals surface area contributed by atoms with Gasteiger partial charge in [0.25, 0.3) is 0 Å². The van der Waals surface area contributed by atoms with Crippen LogP contribution in [0.1, 0.15) is 18.9 Å². The van der Waals surface area contributed by atoms with Crippen LogP contribution in [-0.4, -0.2) is 18.4 Å². The average molecular weight is 393 g/mol. The lowest BCUT2D eigenvalue weighted by Crippen LogP contribution is -2.32. The summed E-state index contributed by atoms with van der Waals surface area (Å²) in [6, 6.07) is 11.5. The van der Waals surface area contributed by atoms with E-state index in [9.17, 15) is 14.0 Å². The summed E-state index contributed by atoms with van der Waals surface area (Å²) in [6.07, 6.45) is 0.0689. The van der Waals surface area contributed by atoms with Gasteiger partial charge in [0.2, 0.25) is 11.8 Å². The summed E-state index contributed by atoms with van der Waals surface area (Å²) >= 11 is 3.44. The summed E-state index contributed by atoms with van der Waals surface area (Å²) in [5.41, 5.74) is 1.90. The van der Waals surface area contributed by atoms with E-state index < -0.39 is 5.82 Å². The molecule has 2 aromatic carbocycles. The second kappa shape index (κ2) is 8.06. The van der Waals surface area contributed by atoms with E-state index in [-0.39, 0.29) is 30.5 Å². The van der Waals surface area contributed by atoms with Crippen LogP contribution >= 0.6 is 15.9 Å². The zero-order valence-electron chi connectivity index (χ0n) is 13.5. The molecule has 0 radical (unpaired) electrons. The van der Waals surface area contributed by atoms with E-state index in [4.69, 9.17) is 0 Å². The van der Waals surface area contributed by atoms with Crippen molar-refractivity contribution < 1.29 is 14.0 Å². The molecule has 0 heterocycles. The normalized spacial score (nSPS) is 10.3. The third-order valence-electron chi connectivity index (χ3n) is 3.56. The molecule has 0 saturated heterocycles. The van der Waals surface area contributed by atoms with Gasteiger partial charge in [-0.2, -0.15) is 0 Å². The zero-order valence-corrected chi connectivity index (χ0v) is 15.1. The van der Waals surface area contributed by atoms with Gasteiger partial charge in [0.1, 0.15) is 5.82 Å². The van der Waals surface area contributed by atoms with Gasteiger partial charge in [-0.3, -0.25) is 9.59 Å². The number of aryl methyl sites for hydroxylation is 1. The summed E-state index contributed by atoms with van der Waals surface area (Å²) in [5, 5.41) is 2.52. The molecule has 0 aliphatic carbocycles. The fourth-order valence-electron chi connectivity index (χ4n) is 2.21. The summed E-state index contributed by atoms with van der Waals surface area (Å²) in [5.74, 6) is -1.00. The molecule has 0 saturated carbocycles. The zero-order chi connectivity index (χ0) is 17.7. The molecule has 0 unspecified atom stereocenters. The van der Waals surface area contributed by atoms with Gasteiger partial charge in [0, 0.05) is 30.0 Å². The van der Waals surface area contributed by atoms with Gasteiger partial charge >= 0.3 is 0 Å². The lowest BCUT2D eigenvalue weighted by atomic mass is 10.2. The van der Waals surface area contributed by atoms with Crippen molar-refractivity contribution >= 4 is 39.1 Å². The van der Waals surface area contributed by atoms with Gasteiger partial charge < -0.3 is 10.2 Å². The minimum Gasteiger partial charge on any atom is -0.324 e. The molecule has 0 aliphatic heterocycles. The molecule has 0 aromatic heterocycles. The molecule has 4 nitrogen and oxygen atoms in total. The number of amides is 2. The maximum Gasteiger partial charge on any atom is 0.226 e. The molecule has 2 aromatic rings. The van der Waals surface area contributed by atoms with Crippen molar-refractivity contribution in [2.75, 3.05) is 16.8 Å². The smallest absolute Gasteiger partial charge is 0.226 e. The van der Waals surface area contributed by atoms with E-state index in [2.05, 4.69) is 21.2 Å². The van der Waals surface area contributed by atoms with Crippen LogP contribution in [0.4, 0.5) is 15.8 Å². The number of hydrogen-bond donors (Lipinski definition) is 1. The number of nitrogens with one attached hydrogen (secondary N) is 1. The summed E-state index contributed by atoms with van der Waals surface area (Å²) in [6.45, 7) is 3.61. The van der Waals surface area contributed by atoms with E-state index in [1.165, 1.54) is 24.0 Å². The lowest BCUT2D eigenvalue weighted by molar-refractivity contribution is -0.117. The Labute approximate surface area is 148 Å². The SMILES string of the molecule is CC(=O)N(CCC(=O)Nc1ccccc1F)c1ccc(C)c(Br)c1. The number of carbonyl (C=O) groups excluding carboxylic acids is 2. The Morgan fingerprint density at radius 3 is 2.54 bits per heavy atom. The maximum atomic E-state index is 13.5. The van der Waals surface area contributed by atoms with Gasteiger partial charge in [-0.05, 0) is 36.8 Å². The highest BCUT2D eigenvalue weighted by Gasteiger charge is 2.15. The Balaban J connectivity index is 2.03. The van der Waals surface area contributed by atoms with Crippen molar-refractivity contribution in [3.05, 3.63) is 58.3 Å². The highest BCUT2D eigenvalue weighted by Crippen LogP contribution is 2.24. The first-order valence-corrected chi connectivity index (χ1v) is 8.26. The molecule has 2 rings (SSSR count). The molecular weight excluding hydrogens is 375 g/mol. The van der Waals surface area contributed by atoms with Crippen LogP contribution in [0, 0.1) is 12.7 Å². The summed E-state index contributed by atoms with van der Waals surface area (Å²) in [7, 11) is 0. The largest absolute Gasteiger partial charge is 0.324 e. The molecular formula is C18H18BrFN2O2. The Morgan fingerprint density at radius 2 is 1.92 bits per heavy atom. The standard InChI is InChI=1S/C18H18BrFN2O2/c1-12-7-8-14(11-15(12)19)22(13(2)23)10-9-18(24)21-17-6-4-3-5-16(17)20/h3-8,11H,9-10H2,1-2H3,(H,21,24). The molecule has 0 spiro atoms. The van der Waals surface area contributed by atoms with Crippen molar-refractivity contribution in [2.45, 2.75) is 20.3 Å². The fourth-order valence-corrected chi connectivity index (χ4v) is 2.57. The van der Waals surface area contributed by atoms with Gasteiger partial charge in [0.05, 0.1) is 5.69 Å². The van der Waals surface area contributed by atoms with Crippen LogP contribution in [0.5, 0.6) is 0 Å². The predicted molar refractivity (Wildman–Crippen MR) is 96.6 cm³/mol. The quantitative estimate of drug-likeness (QED) is 0.825. The van der Waals surface area contributed by atoms with Gasteiger partial charge in [0.15, 0.2) is 0 Å². The molecule has 1 N–H and O–H groups in total. The van der Waals surface area contributed by atoms with E-state index in [0.29, 0.717) is 5.69 Å². The molecule has 0 bridgehead atoms. The Hall–Kier alpha value is -2.21. The number of hydrogen-bond acceptors (Lipinski definition) is 2. The first-order valence-electron chi connectivity index (χ1n) is 7.47. The number of carbonyl (C=O) groups is 2. The van der Waals surface area contributed by atoms with E-state index >= 15 is 0 Å². The molecule has 126 valence electrons. The number of benzene rings is 2. The number of para-hydroxylation sites is 1. The van der Waals surface area contributed by atoms with Crippen LogP contribution in [0.2, 0.25) is 0 Å². The van der Waals surface area contributed by atoms with Crippen LogP contribution in [-0.2, 0) is 9.59 Å². The van der Waals surface area contributed by atoms with Gasteiger partial charge in [-0.25, -0.2) is 4.39 Å². The highest BCUT2D eigenvalue weighted by molar-refractivity contribution is 9.10. The van der Waals surface area contributed by atoms with Crippen molar-refractivity contribution in [1.29, 1.82) is 0 Å². The van der Waals surface area contributed by atoms with Gasteiger partial charge in [-0.1, -0.05) is 34.1 Å². The Kier molecular flexibility index (Phi) is 6.09. The second-order valence-corrected chi connectivity index (χ2v) is 6.24. The summed E-state index contributed by atoms with van der Waals surface area (Å²) in [4.78, 5) is 25.4. The number of anilines is 2. The average Bonchev–Trinajstić information content (AvgIpc) is 2.53. The highest BCUT2D eigenvalue weighted by atomic mass is 79.9. The van der Waals surface area contributed by atoms with Crippen molar-refractivity contribution in [2.24, 2.45) is 0 Å². The van der Waals surface area contributed by atoms with Crippen LogP contribution in [0.15, 0.2) is 46.9 Å². The monoisotopic (exact) mass is 392 g/mol. The molecule has 0 fully saturated rings. The second-order valence-electron chi connectivity index (χ2n) is 5.38. The Morgan fingerprint density at radius 1 is 1.21 bits per heavy atom. The van der Waals surface area contributed by atoms with Crippen LogP contribution in [0.3, 0.4) is 0 Å². The third kappa shape index (κ3) is 4.64. The number of halogens is 2. The third-order valence-corrected chi connectivity index (χ3v) is 4.41. The first kappa shape index (κ1) is 18.1. The fraction of sp³-hybridized carbons (Fsp3) is 0.222. The van der Waals surface area contributed by atoms with Gasteiger partial charge in [-0.15, -0.1) is 0 Å². The lowest BCUT2D eigenvalue weighted by Gasteiger charge is -2.21. The molecule has 24 heavy (non-hydrogen) atoms. The van der Waals surface area contributed by atoms with E-state index in [1.807, 2.05) is 25.1 Å². The van der Waals surface area contributed by atoms with Crippen molar-refractivity contribution in [1.82, 2.24) is 0 Å². The van der Waals surface area contributed by atoms with E-state index in [1.54, 1.807) is 12.1 Å². The van der Waals surface area contributed by atoms with Crippen LogP contribution in [0.25, 0.3) is 0 Å². The first-order chi connectivity index (χ1) is 11.4. The Bertz CT molecular complexity index is 764. The minimum absolute atomic E-state index is 0.0689. The predicted octanol–water partition coefficient (Wildman–Crippen LogP) is 4.28. The van der Waals surface area contributed by atoms with Crippen molar-refractivity contribution in [3.8, 4) is 0 Å².